The molecule has 130 valence electrons. The maximum atomic E-state index is 5.80. The molecular formula is C19H28N4O. The standard InChI is InChI=1S/C19H28N4O/c1-14-11-23(12-15(2)24-14)13-18-6-4-17(5-7-18)8-20-9-19-10-21-22-16(19)3/h4-7,10,14-15,20H,8-9,11-13H2,1-3H3,(H,21,22)/t14-,15-/m0/s1. The first-order chi connectivity index (χ1) is 11.6. The number of aromatic nitrogens is 2. The Hall–Kier alpha value is -1.69. The van der Waals surface area contributed by atoms with E-state index in [4.69, 9.17) is 4.74 Å². The Labute approximate surface area is 144 Å². The molecule has 1 aliphatic rings. The van der Waals surface area contributed by atoms with E-state index in [2.05, 4.69) is 58.5 Å². The van der Waals surface area contributed by atoms with Crippen LogP contribution >= 0.6 is 0 Å². The minimum atomic E-state index is 0.323. The van der Waals surface area contributed by atoms with Crippen molar-refractivity contribution in [2.24, 2.45) is 0 Å². The third kappa shape index (κ3) is 4.66. The van der Waals surface area contributed by atoms with Crippen LogP contribution < -0.4 is 5.32 Å². The molecule has 1 saturated heterocycles. The highest BCUT2D eigenvalue weighted by molar-refractivity contribution is 5.23. The predicted molar refractivity (Wildman–Crippen MR) is 95.6 cm³/mol. The topological polar surface area (TPSA) is 53.2 Å². The zero-order valence-electron chi connectivity index (χ0n) is 14.9. The van der Waals surface area contributed by atoms with Gasteiger partial charge in [-0.2, -0.15) is 5.10 Å². The number of aromatic amines is 1. The van der Waals surface area contributed by atoms with Crippen molar-refractivity contribution in [2.45, 2.75) is 52.6 Å². The van der Waals surface area contributed by atoms with E-state index in [0.717, 1.165) is 38.4 Å². The molecule has 3 rings (SSSR count). The number of morpholine rings is 1. The molecule has 2 N–H and O–H groups in total. The molecule has 0 unspecified atom stereocenters. The number of benzene rings is 1. The van der Waals surface area contributed by atoms with Crippen LogP contribution in [0.25, 0.3) is 0 Å². The third-order valence-corrected chi connectivity index (χ3v) is 4.50. The highest BCUT2D eigenvalue weighted by Crippen LogP contribution is 2.15. The molecule has 0 saturated carbocycles. The van der Waals surface area contributed by atoms with Gasteiger partial charge in [0, 0.05) is 44.0 Å². The van der Waals surface area contributed by atoms with Crippen LogP contribution in [0.15, 0.2) is 30.5 Å². The molecule has 1 aromatic heterocycles. The van der Waals surface area contributed by atoms with E-state index in [-0.39, 0.29) is 0 Å². The van der Waals surface area contributed by atoms with Gasteiger partial charge in [-0.3, -0.25) is 10.00 Å². The van der Waals surface area contributed by atoms with Gasteiger partial charge in [0.05, 0.1) is 18.4 Å². The molecule has 1 aromatic carbocycles. The molecule has 1 fully saturated rings. The summed E-state index contributed by atoms with van der Waals surface area (Å²) in [6.07, 6.45) is 2.53. The summed E-state index contributed by atoms with van der Waals surface area (Å²) in [6.45, 7) is 11.1. The molecule has 0 radical (unpaired) electrons. The zero-order chi connectivity index (χ0) is 16.9. The second kappa shape index (κ2) is 7.92. The monoisotopic (exact) mass is 328 g/mol. The van der Waals surface area contributed by atoms with Gasteiger partial charge in [-0.25, -0.2) is 0 Å². The van der Waals surface area contributed by atoms with Crippen LogP contribution in [0.1, 0.15) is 36.2 Å². The summed E-state index contributed by atoms with van der Waals surface area (Å²) in [5.41, 5.74) is 5.03. The lowest BCUT2D eigenvalue weighted by Crippen LogP contribution is -2.44. The van der Waals surface area contributed by atoms with Gasteiger partial charge >= 0.3 is 0 Å². The SMILES string of the molecule is Cc1[nH]ncc1CNCc1ccc(CN2C[C@H](C)O[C@@H](C)C2)cc1. The third-order valence-electron chi connectivity index (χ3n) is 4.50. The molecule has 2 atom stereocenters. The Bertz CT molecular complexity index is 627. The smallest absolute Gasteiger partial charge is 0.0678 e. The lowest BCUT2D eigenvalue weighted by molar-refractivity contribution is -0.0704. The van der Waals surface area contributed by atoms with E-state index in [0.29, 0.717) is 12.2 Å². The van der Waals surface area contributed by atoms with Gasteiger partial charge in [0.15, 0.2) is 0 Å². The molecule has 0 amide bonds. The van der Waals surface area contributed by atoms with Crippen LogP contribution in [0, 0.1) is 6.92 Å². The second-order valence-corrected chi connectivity index (χ2v) is 6.89. The van der Waals surface area contributed by atoms with Crippen molar-refractivity contribution < 1.29 is 4.74 Å². The Morgan fingerprint density at radius 3 is 2.42 bits per heavy atom. The van der Waals surface area contributed by atoms with E-state index in [1.807, 2.05) is 13.1 Å². The van der Waals surface area contributed by atoms with E-state index >= 15 is 0 Å². The summed E-state index contributed by atoms with van der Waals surface area (Å²) < 4.78 is 5.80. The van der Waals surface area contributed by atoms with Crippen molar-refractivity contribution in [2.75, 3.05) is 13.1 Å². The minimum absolute atomic E-state index is 0.323. The molecule has 2 heterocycles. The lowest BCUT2D eigenvalue weighted by atomic mass is 10.1. The first-order valence-corrected chi connectivity index (χ1v) is 8.75. The molecular weight excluding hydrogens is 300 g/mol. The average molecular weight is 328 g/mol. The largest absolute Gasteiger partial charge is 0.373 e. The molecule has 0 bridgehead atoms. The predicted octanol–water partition coefficient (Wildman–Crippen LogP) is 2.62. The van der Waals surface area contributed by atoms with Gasteiger partial charge in [-0.15, -0.1) is 0 Å². The van der Waals surface area contributed by atoms with E-state index in [9.17, 15) is 0 Å². The van der Waals surface area contributed by atoms with Crippen LogP contribution in [0.3, 0.4) is 0 Å². The van der Waals surface area contributed by atoms with Crippen molar-refractivity contribution in [3.05, 3.63) is 52.8 Å². The van der Waals surface area contributed by atoms with Crippen molar-refractivity contribution in [3.63, 3.8) is 0 Å². The second-order valence-electron chi connectivity index (χ2n) is 6.89. The average Bonchev–Trinajstić information content (AvgIpc) is 2.93. The Kier molecular flexibility index (Phi) is 5.66. The molecule has 0 spiro atoms. The van der Waals surface area contributed by atoms with Gasteiger partial charge in [0.2, 0.25) is 0 Å². The fourth-order valence-corrected chi connectivity index (χ4v) is 3.33. The summed E-state index contributed by atoms with van der Waals surface area (Å²) in [4.78, 5) is 2.48. The Morgan fingerprint density at radius 2 is 1.79 bits per heavy atom. The quantitative estimate of drug-likeness (QED) is 0.856. The van der Waals surface area contributed by atoms with Gasteiger partial charge in [0.1, 0.15) is 0 Å². The molecule has 5 nitrogen and oxygen atoms in total. The first-order valence-electron chi connectivity index (χ1n) is 8.75. The van der Waals surface area contributed by atoms with Crippen LogP contribution in [-0.2, 0) is 24.4 Å². The van der Waals surface area contributed by atoms with E-state index in [1.165, 1.54) is 16.7 Å². The molecule has 1 aliphatic heterocycles. The minimum Gasteiger partial charge on any atom is -0.373 e. The molecule has 5 heteroatoms. The van der Waals surface area contributed by atoms with Gasteiger partial charge < -0.3 is 10.1 Å². The number of H-pyrrole nitrogens is 1. The number of aryl methyl sites for hydroxylation is 1. The summed E-state index contributed by atoms with van der Waals surface area (Å²) >= 11 is 0. The summed E-state index contributed by atoms with van der Waals surface area (Å²) in [5.74, 6) is 0. The highest BCUT2D eigenvalue weighted by Gasteiger charge is 2.21. The maximum Gasteiger partial charge on any atom is 0.0678 e. The number of nitrogens with one attached hydrogen (secondary N) is 2. The molecule has 0 aliphatic carbocycles. The number of hydrogen-bond acceptors (Lipinski definition) is 4. The van der Waals surface area contributed by atoms with Crippen molar-refractivity contribution in [1.29, 1.82) is 0 Å². The van der Waals surface area contributed by atoms with Crippen LogP contribution in [0.5, 0.6) is 0 Å². The zero-order valence-corrected chi connectivity index (χ0v) is 14.9. The van der Waals surface area contributed by atoms with E-state index < -0.39 is 0 Å². The number of rotatable bonds is 6. The van der Waals surface area contributed by atoms with Crippen molar-refractivity contribution >= 4 is 0 Å². The van der Waals surface area contributed by atoms with Gasteiger partial charge in [0.25, 0.3) is 0 Å². The molecule has 24 heavy (non-hydrogen) atoms. The Balaban J connectivity index is 1.47. The van der Waals surface area contributed by atoms with Crippen molar-refractivity contribution in [1.82, 2.24) is 20.4 Å². The normalized spacial score (nSPS) is 22.0. The van der Waals surface area contributed by atoms with Gasteiger partial charge in [-0.05, 0) is 31.9 Å². The Morgan fingerprint density at radius 1 is 1.12 bits per heavy atom. The van der Waals surface area contributed by atoms with Crippen molar-refractivity contribution in [3.8, 4) is 0 Å². The fourth-order valence-electron chi connectivity index (χ4n) is 3.33. The number of ether oxygens (including phenoxy) is 1. The summed E-state index contributed by atoms with van der Waals surface area (Å²) in [5, 5.41) is 10.5. The first kappa shape index (κ1) is 17.1. The fraction of sp³-hybridized carbons (Fsp3) is 0.526. The molecule has 2 aromatic rings. The number of nitrogens with zero attached hydrogens (tertiary/aromatic N) is 2. The maximum absolute atomic E-state index is 5.80. The van der Waals surface area contributed by atoms with E-state index in [1.54, 1.807) is 0 Å². The highest BCUT2D eigenvalue weighted by atomic mass is 16.5. The van der Waals surface area contributed by atoms with Crippen LogP contribution in [0.2, 0.25) is 0 Å². The summed E-state index contributed by atoms with van der Waals surface area (Å²) in [7, 11) is 0. The van der Waals surface area contributed by atoms with Crippen LogP contribution in [0.4, 0.5) is 0 Å². The summed E-state index contributed by atoms with van der Waals surface area (Å²) in [6, 6.07) is 8.92. The number of hydrogen-bond donors (Lipinski definition) is 2. The van der Waals surface area contributed by atoms with Crippen LogP contribution in [-0.4, -0.2) is 40.4 Å². The van der Waals surface area contributed by atoms with Gasteiger partial charge in [-0.1, -0.05) is 24.3 Å². The lowest BCUT2D eigenvalue weighted by Gasteiger charge is -2.35.